The van der Waals surface area contributed by atoms with Crippen LogP contribution in [0.1, 0.15) is 52.4 Å². The summed E-state index contributed by atoms with van der Waals surface area (Å²) in [4.78, 5) is 13.3. The van der Waals surface area contributed by atoms with Crippen LogP contribution in [0.15, 0.2) is 0 Å². The van der Waals surface area contributed by atoms with Gasteiger partial charge in [-0.15, -0.1) is 0 Å². The standard InChI is InChI=1S/C15H27F3N2O/c1-12(2)10-20(11-15(16,17)18)13(21)9-14(19-3)7-5-4-6-8-14/h12,19H,4-11H2,1-3H3. The van der Waals surface area contributed by atoms with E-state index < -0.39 is 18.6 Å². The molecule has 0 radical (unpaired) electrons. The summed E-state index contributed by atoms with van der Waals surface area (Å²) in [6.07, 6.45) is 0.717. The molecule has 6 heteroatoms. The third-order valence-electron chi connectivity index (χ3n) is 4.14. The van der Waals surface area contributed by atoms with Crippen molar-refractivity contribution in [1.29, 1.82) is 0 Å². The van der Waals surface area contributed by atoms with E-state index in [-0.39, 0.29) is 24.4 Å². The molecule has 124 valence electrons. The first kappa shape index (κ1) is 18.3. The topological polar surface area (TPSA) is 32.3 Å². The van der Waals surface area contributed by atoms with Gasteiger partial charge in [0, 0.05) is 18.5 Å². The Balaban J connectivity index is 2.74. The number of hydrogen-bond acceptors (Lipinski definition) is 2. The Morgan fingerprint density at radius 1 is 1.24 bits per heavy atom. The van der Waals surface area contributed by atoms with Gasteiger partial charge in [-0.05, 0) is 25.8 Å². The molecule has 21 heavy (non-hydrogen) atoms. The minimum Gasteiger partial charge on any atom is -0.333 e. The highest BCUT2D eigenvalue weighted by molar-refractivity contribution is 5.77. The summed E-state index contributed by atoms with van der Waals surface area (Å²) in [5.74, 6) is -0.370. The predicted molar refractivity (Wildman–Crippen MR) is 77.0 cm³/mol. The van der Waals surface area contributed by atoms with Crippen LogP contribution in [0.25, 0.3) is 0 Å². The average Bonchev–Trinajstić information content (AvgIpc) is 2.37. The summed E-state index contributed by atoms with van der Waals surface area (Å²) in [5, 5.41) is 3.19. The minimum absolute atomic E-state index is 0.0215. The van der Waals surface area contributed by atoms with Crippen LogP contribution in [0.4, 0.5) is 13.2 Å². The molecule has 1 aliphatic rings. The number of rotatable bonds is 6. The SMILES string of the molecule is CNC1(CC(=O)N(CC(C)C)CC(F)(F)F)CCCCC1. The molecule has 0 aliphatic heterocycles. The van der Waals surface area contributed by atoms with Gasteiger partial charge in [0.05, 0.1) is 0 Å². The van der Waals surface area contributed by atoms with Gasteiger partial charge in [0.1, 0.15) is 6.54 Å². The first-order chi connectivity index (χ1) is 9.67. The summed E-state index contributed by atoms with van der Waals surface area (Å²) in [7, 11) is 1.80. The zero-order valence-electron chi connectivity index (χ0n) is 13.2. The highest BCUT2D eigenvalue weighted by Gasteiger charge is 2.38. The van der Waals surface area contributed by atoms with Gasteiger partial charge in [-0.3, -0.25) is 4.79 Å². The molecule has 1 N–H and O–H groups in total. The first-order valence-corrected chi connectivity index (χ1v) is 7.71. The summed E-state index contributed by atoms with van der Waals surface area (Å²) in [5.41, 5.74) is -0.323. The Morgan fingerprint density at radius 2 is 1.81 bits per heavy atom. The number of nitrogens with one attached hydrogen (secondary N) is 1. The molecule has 0 saturated heterocycles. The van der Waals surface area contributed by atoms with Crippen molar-refractivity contribution in [3.05, 3.63) is 0 Å². The molecule has 0 aromatic rings. The van der Waals surface area contributed by atoms with Crippen molar-refractivity contribution >= 4 is 5.91 Å². The Kier molecular flexibility index (Phi) is 6.50. The fraction of sp³-hybridized carbons (Fsp3) is 0.933. The van der Waals surface area contributed by atoms with Gasteiger partial charge in [-0.1, -0.05) is 33.1 Å². The van der Waals surface area contributed by atoms with Gasteiger partial charge in [0.25, 0.3) is 0 Å². The van der Waals surface area contributed by atoms with Crippen LogP contribution in [0, 0.1) is 5.92 Å². The van der Waals surface area contributed by atoms with Crippen molar-refractivity contribution in [2.45, 2.75) is 64.1 Å². The van der Waals surface area contributed by atoms with Crippen LogP contribution in [-0.4, -0.2) is 42.7 Å². The van der Waals surface area contributed by atoms with E-state index in [0.717, 1.165) is 37.0 Å². The first-order valence-electron chi connectivity index (χ1n) is 7.71. The quantitative estimate of drug-likeness (QED) is 0.816. The van der Waals surface area contributed by atoms with E-state index in [1.165, 1.54) is 0 Å². The lowest BCUT2D eigenvalue weighted by molar-refractivity contribution is -0.163. The number of carbonyl (C=O) groups excluding carboxylic acids is 1. The van der Waals surface area contributed by atoms with Crippen molar-refractivity contribution in [2.24, 2.45) is 5.92 Å². The summed E-state index contributed by atoms with van der Waals surface area (Å²) >= 11 is 0. The average molecular weight is 308 g/mol. The number of carbonyl (C=O) groups is 1. The molecule has 1 rings (SSSR count). The molecule has 1 amide bonds. The fourth-order valence-electron chi connectivity index (χ4n) is 3.06. The maximum Gasteiger partial charge on any atom is 0.406 e. The molecule has 3 nitrogen and oxygen atoms in total. The Labute approximate surface area is 125 Å². The van der Waals surface area contributed by atoms with Crippen molar-refractivity contribution in [2.75, 3.05) is 20.1 Å². The second-order valence-electron chi connectivity index (χ2n) is 6.55. The summed E-state index contributed by atoms with van der Waals surface area (Å²) in [6, 6.07) is 0. The van der Waals surface area contributed by atoms with Crippen molar-refractivity contribution in [1.82, 2.24) is 10.2 Å². The van der Waals surface area contributed by atoms with Crippen LogP contribution in [-0.2, 0) is 4.79 Å². The fourth-order valence-corrected chi connectivity index (χ4v) is 3.06. The van der Waals surface area contributed by atoms with Crippen LogP contribution in [0.2, 0.25) is 0 Å². The smallest absolute Gasteiger partial charge is 0.333 e. The van der Waals surface area contributed by atoms with E-state index in [1.54, 1.807) is 7.05 Å². The Morgan fingerprint density at radius 3 is 2.24 bits per heavy atom. The van der Waals surface area contributed by atoms with E-state index in [0.29, 0.717) is 0 Å². The van der Waals surface area contributed by atoms with E-state index in [4.69, 9.17) is 0 Å². The van der Waals surface area contributed by atoms with Crippen LogP contribution in [0.3, 0.4) is 0 Å². The number of nitrogens with zero attached hydrogens (tertiary/aromatic N) is 1. The lowest BCUT2D eigenvalue weighted by Crippen LogP contribution is -2.50. The second-order valence-corrected chi connectivity index (χ2v) is 6.55. The van der Waals surface area contributed by atoms with E-state index in [9.17, 15) is 18.0 Å². The van der Waals surface area contributed by atoms with E-state index >= 15 is 0 Å². The third kappa shape index (κ3) is 6.24. The molecular formula is C15H27F3N2O. The molecule has 0 aromatic heterocycles. The minimum atomic E-state index is -4.34. The largest absolute Gasteiger partial charge is 0.406 e. The monoisotopic (exact) mass is 308 g/mol. The summed E-state index contributed by atoms with van der Waals surface area (Å²) in [6.45, 7) is 2.65. The molecular weight excluding hydrogens is 281 g/mol. The van der Waals surface area contributed by atoms with Gasteiger partial charge < -0.3 is 10.2 Å². The molecule has 1 aliphatic carbocycles. The molecule has 0 heterocycles. The van der Waals surface area contributed by atoms with Crippen LogP contribution in [0.5, 0.6) is 0 Å². The molecule has 1 fully saturated rings. The summed E-state index contributed by atoms with van der Waals surface area (Å²) < 4.78 is 38.0. The highest BCUT2D eigenvalue weighted by atomic mass is 19.4. The highest BCUT2D eigenvalue weighted by Crippen LogP contribution is 2.31. The molecule has 0 unspecified atom stereocenters. The lowest BCUT2D eigenvalue weighted by atomic mass is 9.79. The zero-order valence-corrected chi connectivity index (χ0v) is 13.2. The normalized spacial score (nSPS) is 18.8. The maximum atomic E-state index is 12.7. The van der Waals surface area contributed by atoms with Crippen LogP contribution >= 0.6 is 0 Å². The van der Waals surface area contributed by atoms with Gasteiger partial charge in [0.15, 0.2) is 0 Å². The van der Waals surface area contributed by atoms with Crippen molar-refractivity contribution in [3.8, 4) is 0 Å². The van der Waals surface area contributed by atoms with Gasteiger partial charge in [-0.2, -0.15) is 13.2 Å². The van der Waals surface area contributed by atoms with Gasteiger partial charge in [0.2, 0.25) is 5.91 Å². The Hall–Kier alpha value is -0.780. The zero-order chi connectivity index (χ0) is 16.1. The maximum absolute atomic E-state index is 12.7. The van der Waals surface area contributed by atoms with Crippen LogP contribution < -0.4 is 5.32 Å². The van der Waals surface area contributed by atoms with Crippen molar-refractivity contribution in [3.63, 3.8) is 0 Å². The molecule has 0 spiro atoms. The molecule has 0 atom stereocenters. The number of halogens is 3. The molecule has 0 aromatic carbocycles. The number of amides is 1. The number of hydrogen-bond donors (Lipinski definition) is 1. The van der Waals surface area contributed by atoms with E-state index in [2.05, 4.69) is 5.32 Å². The molecule has 0 bridgehead atoms. The van der Waals surface area contributed by atoms with E-state index in [1.807, 2.05) is 13.8 Å². The van der Waals surface area contributed by atoms with Gasteiger partial charge in [-0.25, -0.2) is 0 Å². The predicted octanol–water partition coefficient (Wildman–Crippen LogP) is 3.35. The Bertz CT molecular complexity index is 336. The third-order valence-corrected chi connectivity index (χ3v) is 4.14. The lowest BCUT2D eigenvalue weighted by Gasteiger charge is -2.38. The number of alkyl halides is 3. The molecule has 1 saturated carbocycles. The van der Waals surface area contributed by atoms with Gasteiger partial charge >= 0.3 is 6.18 Å². The second kappa shape index (κ2) is 7.47. The van der Waals surface area contributed by atoms with Crippen molar-refractivity contribution < 1.29 is 18.0 Å².